The van der Waals surface area contributed by atoms with Gasteiger partial charge in [0.05, 0.1) is 5.75 Å². The summed E-state index contributed by atoms with van der Waals surface area (Å²) in [5.41, 5.74) is 0. The molecule has 1 aliphatic heterocycles. The summed E-state index contributed by atoms with van der Waals surface area (Å²) in [5.74, 6) is 0.0116. The summed E-state index contributed by atoms with van der Waals surface area (Å²) in [6, 6.07) is 0. The first kappa shape index (κ1) is 10.1. The summed E-state index contributed by atoms with van der Waals surface area (Å²) in [4.78, 5) is 14.4. The second kappa shape index (κ2) is 3.84. The molecule has 0 aromatic rings. The van der Waals surface area contributed by atoms with Gasteiger partial charge in [-0.15, -0.1) is 0 Å². The van der Waals surface area contributed by atoms with Gasteiger partial charge in [0.2, 0.25) is 5.91 Å². The van der Waals surface area contributed by atoms with Gasteiger partial charge in [-0.1, -0.05) is 0 Å². The molecule has 0 aromatic heterocycles. The van der Waals surface area contributed by atoms with Crippen LogP contribution in [0, 0.1) is 0 Å². The third-order valence-corrected chi connectivity index (χ3v) is 2.32. The molecule has 7 heteroatoms. The number of nitrogens with zero attached hydrogens (tertiary/aromatic N) is 1. The molecule has 74 valence electrons. The van der Waals surface area contributed by atoms with E-state index >= 15 is 0 Å². The lowest BCUT2D eigenvalue weighted by Gasteiger charge is -1.98. The Labute approximate surface area is 75.8 Å². The topological polar surface area (TPSA) is 95.8 Å². The molecule has 0 aliphatic carbocycles. The molecular formula is C6H10N2O4S. The first-order chi connectivity index (χ1) is 5.97. The van der Waals surface area contributed by atoms with Gasteiger partial charge < -0.3 is 5.32 Å². The quantitative estimate of drug-likeness (QED) is 0.587. The van der Waals surface area contributed by atoms with Crippen LogP contribution in [0.4, 0.5) is 0 Å². The van der Waals surface area contributed by atoms with E-state index in [9.17, 15) is 13.2 Å². The second-order valence-electron chi connectivity index (χ2n) is 2.70. The lowest BCUT2D eigenvalue weighted by molar-refractivity contribution is -0.117. The van der Waals surface area contributed by atoms with Crippen molar-refractivity contribution in [3.05, 3.63) is 0 Å². The molecule has 0 aromatic carbocycles. The van der Waals surface area contributed by atoms with Gasteiger partial charge in [-0.05, 0) is 6.42 Å². The van der Waals surface area contributed by atoms with Crippen LogP contribution in [-0.2, 0) is 14.9 Å². The Bertz CT molecular complexity index is 333. The molecule has 0 unspecified atom stereocenters. The van der Waals surface area contributed by atoms with Crippen LogP contribution in [0.25, 0.3) is 0 Å². The molecule has 13 heavy (non-hydrogen) atoms. The molecule has 0 saturated heterocycles. The Morgan fingerprint density at radius 2 is 2.23 bits per heavy atom. The zero-order valence-corrected chi connectivity index (χ0v) is 7.67. The standard InChI is InChI=1S/C6H10N2O4S/c9-6-4-7-5(8-6)2-1-3-13(10,11)12/h1-4H2,(H,7,8,9)(H,10,11,12). The molecule has 0 bridgehead atoms. The summed E-state index contributed by atoms with van der Waals surface area (Å²) in [6.45, 7) is 0.112. The number of carbonyl (C=O) groups is 1. The van der Waals surface area contributed by atoms with Gasteiger partial charge in [-0.3, -0.25) is 14.3 Å². The highest BCUT2D eigenvalue weighted by Gasteiger charge is 2.13. The molecule has 1 aliphatic rings. The van der Waals surface area contributed by atoms with Crippen molar-refractivity contribution in [1.29, 1.82) is 0 Å². The van der Waals surface area contributed by atoms with Crippen LogP contribution in [0.3, 0.4) is 0 Å². The predicted octanol–water partition coefficient (Wildman–Crippen LogP) is -0.817. The number of rotatable bonds is 4. The summed E-state index contributed by atoms with van der Waals surface area (Å²) in [7, 11) is -3.90. The van der Waals surface area contributed by atoms with Crippen LogP contribution in [0.15, 0.2) is 4.99 Å². The van der Waals surface area contributed by atoms with Gasteiger partial charge in [0, 0.05) is 6.42 Å². The Morgan fingerprint density at radius 1 is 1.54 bits per heavy atom. The third kappa shape index (κ3) is 4.00. The van der Waals surface area contributed by atoms with Gasteiger partial charge in [0.25, 0.3) is 10.1 Å². The van der Waals surface area contributed by atoms with Crippen molar-refractivity contribution in [3.8, 4) is 0 Å². The predicted molar refractivity (Wildman–Crippen MR) is 46.1 cm³/mol. The minimum absolute atomic E-state index is 0.112. The summed E-state index contributed by atoms with van der Waals surface area (Å²) < 4.78 is 29.0. The van der Waals surface area contributed by atoms with Crippen LogP contribution in [0.1, 0.15) is 12.8 Å². The maximum atomic E-state index is 10.6. The Hall–Kier alpha value is -0.950. The number of nitrogens with one attached hydrogen (secondary N) is 1. The lowest BCUT2D eigenvalue weighted by atomic mass is 10.3. The number of carbonyl (C=O) groups excluding carboxylic acids is 1. The van der Waals surface area contributed by atoms with Crippen molar-refractivity contribution in [3.63, 3.8) is 0 Å². The average Bonchev–Trinajstić information content (AvgIpc) is 2.33. The minimum atomic E-state index is -3.90. The van der Waals surface area contributed by atoms with Crippen molar-refractivity contribution in [2.45, 2.75) is 12.8 Å². The van der Waals surface area contributed by atoms with E-state index in [1.54, 1.807) is 0 Å². The fourth-order valence-corrected chi connectivity index (χ4v) is 1.48. The molecule has 1 amide bonds. The fraction of sp³-hybridized carbons (Fsp3) is 0.667. The molecule has 0 radical (unpaired) electrons. The maximum Gasteiger partial charge on any atom is 0.264 e. The minimum Gasteiger partial charge on any atom is -0.313 e. The van der Waals surface area contributed by atoms with Gasteiger partial charge in [-0.25, -0.2) is 0 Å². The molecule has 1 heterocycles. The van der Waals surface area contributed by atoms with E-state index < -0.39 is 10.1 Å². The Morgan fingerprint density at radius 3 is 2.69 bits per heavy atom. The van der Waals surface area contributed by atoms with Gasteiger partial charge in [0.1, 0.15) is 12.4 Å². The fourth-order valence-electron chi connectivity index (χ4n) is 0.971. The van der Waals surface area contributed by atoms with Gasteiger partial charge in [0.15, 0.2) is 0 Å². The SMILES string of the molecule is O=C1CN=C(CCCS(=O)(=O)O)N1. The van der Waals surface area contributed by atoms with Crippen molar-refractivity contribution in [1.82, 2.24) is 5.32 Å². The molecule has 2 N–H and O–H groups in total. The van der Waals surface area contributed by atoms with Crippen molar-refractivity contribution >= 4 is 21.9 Å². The van der Waals surface area contributed by atoms with E-state index in [-0.39, 0.29) is 24.6 Å². The van der Waals surface area contributed by atoms with Crippen molar-refractivity contribution in [2.75, 3.05) is 12.3 Å². The second-order valence-corrected chi connectivity index (χ2v) is 4.27. The normalized spacial score (nSPS) is 17.0. The van der Waals surface area contributed by atoms with E-state index in [4.69, 9.17) is 4.55 Å². The summed E-state index contributed by atoms with van der Waals surface area (Å²) in [5, 5.41) is 2.47. The first-order valence-corrected chi connectivity index (χ1v) is 5.36. The largest absolute Gasteiger partial charge is 0.313 e. The van der Waals surface area contributed by atoms with Gasteiger partial charge >= 0.3 is 0 Å². The summed E-state index contributed by atoms with van der Waals surface area (Å²) in [6.07, 6.45) is 0.628. The smallest absolute Gasteiger partial charge is 0.264 e. The highest BCUT2D eigenvalue weighted by molar-refractivity contribution is 7.85. The molecule has 0 spiro atoms. The number of aliphatic imine (C=N–C) groups is 1. The van der Waals surface area contributed by atoms with Crippen molar-refractivity contribution < 1.29 is 17.8 Å². The molecular weight excluding hydrogens is 196 g/mol. The van der Waals surface area contributed by atoms with Crippen LogP contribution in [-0.4, -0.2) is 37.0 Å². The van der Waals surface area contributed by atoms with E-state index in [2.05, 4.69) is 10.3 Å². The molecule has 6 nitrogen and oxygen atoms in total. The number of hydrogen-bond acceptors (Lipinski definition) is 4. The lowest BCUT2D eigenvalue weighted by Crippen LogP contribution is -2.24. The number of amides is 1. The first-order valence-electron chi connectivity index (χ1n) is 3.76. The van der Waals surface area contributed by atoms with Crippen LogP contribution in [0.2, 0.25) is 0 Å². The highest BCUT2D eigenvalue weighted by Crippen LogP contribution is 1.98. The zero-order valence-electron chi connectivity index (χ0n) is 6.86. The highest BCUT2D eigenvalue weighted by atomic mass is 32.2. The number of hydrogen-bond donors (Lipinski definition) is 2. The molecule has 0 fully saturated rings. The van der Waals surface area contributed by atoms with E-state index in [0.29, 0.717) is 12.3 Å². The Kier molecular flexibility index (Phi) is 2.99. The Balaban J connectivity index is 2.25. The van der Waals surface area contributed by atoms with Crippen LogP contribution >= 0.6 is 0 Å². The third-order valence-electron chi connectivity index (χ3n) is 1.51. The molecule has 1 rings (SSSR count). The molecule has 0 saturated carbocycles. The van der Waals surface area contributed by atoms with Crippen LogP contribution in [0.5, 0.6) is 0 Å². The number of amidine groups is 1. The van der Waals surface area contributed by atoms with E-state index in [0.717, 1.165) is 0 Å². The van der Waals surface area contributed by atoms with E-state index in [1.807, 2.05) is 0 Å². The van der Waals surface area contributed by atoms with Crippen LogP contribution < -0.4 is 5.32 Å². The summed E-state index contributed by atoms with van der Waals surface area (Å²) >= 11 is 0. The van der Waals surface area contributed by atoms with Gasteiger partial charge in [-0.2, -0.15) is 8.42 Å². The van der Waals surface area contributed by atoms with Crippen molar-refractivity contribution in [2.24, 2.45) is 4.99 Å². The average molecular weight is 206 g/mol. The maximum absolute atomic E-state index is 10.6. The monoisotopic (exact) mass is 206 g/mol. The molecule has 0 atom stereocenters. The zero-order chi connectivity index (χ0) is 9.90. The van der Waals surface area contributed by atoms with E-state index in [1.165, 1.54) is 0 Å².